The second kappa shape index (κ2) is 9.38. The Balaban J connectivity index is 0.00000121. The van der Waals surface area contributed by atoms with Crippen molar-refractivity contribution in [3.63, 3.8) is 0 Å². The van der Waals surface area contributed by atoms with E-state index in [1.807, 2.05) is 11.3 Å². The molecule has 1 N–H and O–H groups in total. The van der Waals surface area contributed by atoms with E-state index in [-0.39, 0.29) is 24.8 Å². The highest BCUT2D eigenvalue weighted by atomic mass is 35.5. The molecule has 0 radical (unpaired) electrons. The fourth-order valence-corrected chi connectivity index (χ4v) is 3.61. The Morgan fingerprint density at radius 2 is 1.77 bits per heavy atom. The minimum atomic E-state index is 0. The summed E-state index contributed by atoms with van der Waals surface area (Å²) in [4.78, 5) is 3.97. The van der Waals surface area contributed by atoms with Crippen molar-refractivity contribution in [1.82, 2.24) is 10.2 Å². The average molecular weight is 361 g/mol. The van der Waals surface area contributed by atoms with E-state index < -0.39 is 0 Å². The van der Waals surface area contributed by atoms with Gasteiger partial charge in [0.15, 0.2) is 0 Å². The van der Waals surface area contributed by atoms with Gasteiger partial charge in [-0.05, 0) is 29.1 Å². The molecule has 1 aliphatic rings. The van der Waals surface area contributed by atoms with Crippen LogP contribution >= 0.6 is 36.2 Å². The predicted octanol–water partition coefficient (Wildman–Crippen LogP) is 3.59. The number of halogens is 2. The minimum Gasteiger partial charge on any atom is -0.497 e. The van der Waals surface area contributed by atoms with Crippen molar-refractivity contribution in [1.29, 1.82) is 0 Å². The Morgan fingerprint density at radius 1 is 1.09 bits per heavy atom. The molecule has 1 aromatic heterocycles. The summed E-state index contributed by atoms with van der Waals surface area (Å²) in [5.41, 5.74) is 1.34. The highest BCUT2D eigenvalue weighted by Gasteiger charge is 2.24. The third-order valence-corrected chi connectivity index (χ3v) is 4.69. The maximum atomic E-state index is 5.26. The van der Waals surface area contributed by atoms with Crippen LogP contribution < -0.4 is 10.1 Å². The van der Waals surface area contributed by atoms with E-state index in [0.717, 1.165) is 31.9 Å². The standard InChI is InChI=1S/C16H20N2OS.2ClH/c1-19-14-6-4-13(5-7-14)16(15-3-2-12-20-15)18-10-8-17-9-11-18;;/h2-7,12,16-17H,8-11H2,1H3;2*1H/t16-;;/m1../s1. The molecule has 0 spiro atoms. The Morgan fingerprint density at radius 3 is 2.32 bits per heavy atom. The van der Waals surface area contributed by atoms with Gasteiger partial charge in [-0.3, -0.25) is 4.90 Å². The van der Waals surface area contributed by atoms with Gasteiger partial charge >= 0.3 is 0 Å². The SMILES string of the molecule is COc1ccc([C@H](c2cccs2)N2CCNCC2)cc1.Cl.Cl. The summed E-state index contributed by atoms with van der Waals surface area (Å²) in [6, 6.07) is 13.2. The number of methoxy groups -OCH3 is 1. The molecule has 22 heavy (non-hydrogen) atoms. The van der Waals surface area contributed by atoms with Crippen LogP contribution in [0.4, 0.5) is 0 Å². The van der Waals surface area contributed by atoms with Crippen molar-refractivity contribution >= 4 is 36.2 Å². The molecule has 1 atom stereocenters. The highest BCUT2D eigenvalue weighted by molar-refractivity contribution is 7.10. The van der Waals surface area contributed by atoms with Crippen molar-refractivity contribution in [3.8, 4) is 5.75 Å². The van der Waals surface area contributed by atoms with Gasteiger partial charge in [-0.15, -0.1) is 36.2 Å². The lowest BCUT2D eigenvalue weighted by Crippen LogP contribution is -2.45. The lowest BCUT2D eigenvalue weighted by molar-refractivity contribution is 0.200. The van der Waals surface area contributed by atoms with Gasteiger partial charge in [-0.1, -0.05) is 18.2 Å². The van der Waals surface area contributed by atoms with E-state index in [1.54, 1.807) is 7.11 Å². The summed E-state index contributed by atoms with van der Waals surface area (Å²) in [6.45, 7) is 4.32. The largest absolute Gasteiger partial charge is 0.497 e. The molecular weight excluding hydrogens is 339 g/mol. The second-order valence-electron chi connectivity index (χ2n) is 4.98. The Hall–Kier alpha value is -0.780. The number of hydrogen-bond donors (Lipinski definition) is 1. The van der Waals surface area contributed by atoms with Gasteiger partial charge in [-0.2, -0.15) is 0 Å². The Bertz CT molecular complexity index is 528. The third kappa shape index (κ3) is 4.37. The van der Waals surface area contributed by atoms with Crippen LogP contribution in [0.15, 0.2) is 41.8 Å². The zero-order valence-electron chi connectivity index (χ0n) is 12.5. The molecule has 0 saturated carbocycles. The van der Waals surface area contributed by atoms with Gasteiger partial charge in [0.05, 0.1) is 13.2 Å². The molecule has 0 unspecified atom stereocenters. The van der Waals surface area contributed by atoms with Crippen LogP contribution in [0.2, 0.25) is 0 Å². The molecule has 2 aromatic rings. The Kier molecular flexibility index (Phi) is 8.21. The fraction of sp³-hybridized carbons (Fsp3) is 0.375. The van der Waals surface area contributed by atoms with E-state index in [1.165, 1.54) is 10.4 Å². The van der Waals surface area contributed by atoms with Crippen molar-refractivity contribution < 1.29 is 4.74 Å². The number of rotatable bonds is 4. The zero-order valence-corrected chi connectivity index (χ0v) is 15.0. The van der Waals surface area contributed by atoms with Crippen LogP contribution in [0, 0.1) is 0 Å². The normalized spacial score (nSPS) is 16.2. The molecule has 3 rings (SSSR count). The number of nitrogens with zero attached hydrogens (tertiary/aromatic N) is 1. The van der Waals surface area contributed by atoms with E-state index in [0.29, 0.717) is 6.04 Å². The first-order valence-corrected chi connectivity index (χ1v) is 7.88. The van der Waals surface area contributed by atoms with Crippen molar-refractivity contribution in [2.45, 2.75) is 6.04 Å². The first kappa shape index (κ1) is 19.3. The molecule has 1 saturated heterocycles. The zero-order chi connectivity index (χ0) is 13.8. The first-order valence-electron chi connectivity index (χ1n) is 7.00. The quantitative estimate of drug-likeness (QED) is 0.901. The summed E-state index contributed by atoms with van der Waals surface area (Å²) in [6.07, 6.45) is 0. The number of piperazine rings is 1. The summed E-state index contributed by atoms with van der Waals surface area (Å²) in [7, 11) is 1.71. The van der Waals surface area contributed by atoms with Crippen molar-refractivity contribution in [3.05, 3.63) is 52.2 Å². The molecule has 122 valence electrons. The smallest absolute Gasteiger partial charge is 0.118 e. The predicted molar refractivity (Wildman–Crippen MR) is 98.1 cm³/mol. The molecule has 2 heterocycles. The van der Waals surface area contributed by atoms with Crippen LogP contribution in [-0.2, 0) is 0 Å². The topological polar surface area (TPSA) is 24.5 Å². The number of thiophene rings is 1. The number of ether oxygens (including phenoxy) is 1. The molecule has 3 nitrogen and oxygen atoms in total. The molecule has 6 heteroatoms. The molecule has 1 fully saturated rings. The van der Waals surface area contributed by atoms with E-state index in [9.17, 15) is 0 Å². The number of nitrogens with one attached hydrogen (secondary N) is 1. The maximum absolute atomic E-state index is 5.26. The van der Waals surface area contributed by atoms with E-state index in [2.05, 4.69) is 52.0 Å². The Labute approximate surface area is 148 Å². The van der Waals surface area contributed by atoms with Crippen molar-refractivity contribution in [2.24, 2.45) is 0 Å². The van der Waals surface area contributed by atoms with Crippen molar-refractivity contribution in [2.75, 3.05) is 33.3 Å². The van der Waals surface area contributed by atoms with E-state index in [4.69, 9.17) is 4.74 Å². The molecule has 0 amide bonds. The van der Waals surface area contributed by atoms with Crippen LogP contribution in [0.3, 0.4) is 0 Å². The molecule has 0 bridgehead atoms. The highest BCUT2D eigenvalue weighted by Crippen LogP contribution is 2.32. The van der Waals surface area contributed by atoms with Crippen LogP contribution in [0.5, 0.6) is 5.75 Å². The summed E-state index contributed by atoms with van der Waals surface area (Å²) < 4.78 is 5.26. The van der Waals surface area contributed by atoms with Crippen LogP contribution in [0.25, 0.3) is 0 Å². The third-order valence-electron chi connectivity index (χ3n) is 3.76. The first-order chi connectivity index (χ1) is 9.88. The van der Waals surface area contributed by atoms with Gasteiger partial charge in [0.25, 0.3) is 0 Å². The van der Waals surface area contributed by atoms with Gasteiger partial charge < -0.3 is 10.1 Å². The molecule has 1 aliphatic heterocycles. The van der Waals surface area contributed by atoms with Gasteiger partial charge in [-0.25, -0.2) is 0 Å². The molecule has 1 aromatic carbocycles. The number of benzene rings is 1. The monoisotopic (exact) mass is 360 g/mol. The summed E-state index contributed by atoms with van der Waals surface area (Å²) >= 11 is 1.84. The number of hydrogen-bond acceptors (Lipinski definition) is 4. The molecular formula is C16H22Cl2N2OS. The minimum absolute atomic E-state index is 0. The van der Waals surface area contributed by atoms with Gasteiger partial charge in [0, 0.05) is 31.1 Å². The second-order valence-corrected chi connectivity index (χ2v) is 5.96. The van der Waals surface area contributed by atoms with Gasteiger partial charge in [0.1, 0.15) is 5.75 Å². The van der Waals surface area contributed by atoms with Gasteiger partial charge in [0.2, 0.25) is 0 Å². The lowest BCUT2D eigenvalue weighted by Gasteiger charge is -2.34. The van der Waals surface area contributed by atoms with E-state index >= 15 is 0 Å². The lowest BCUT2D eigenvalue weighted by atomic mass is 10.0. The fourth-order valence-electron chi connectivity index (χ4n) is 2.73. The molecule has 0 aliphatic carbocycles. The summed E-state index contributed by atoms with van der Waals surface area (Å²) in [5.74, 6) is 0.916. The summed E-state index contributed by atoms with van der Waals surface area (Å²) in [5, 5.41) is 5.59. The maximum Gasteiger partial charge on any atom is 0.118 e. The van der Waals surface area contributed by atoms with Crippen LogP contribution in [0.1, 0.15) is 16.5 Å². The van der Waals surface area contributed by atoms with Crippen LogP contribution in [-0.4, -0.2) is 38.2 Å². The average Bonchev–Trinajstić information content (AvgIpc) is 3.03.